The molecule has 0 amide bonds. The molecule has 1 aromatic rings. The maximum absolute atomic E-state index is 11.9. The molecule has 0 saturated heterocycles. The summed E-state index contributed by atoms with van der Waals surface area (Å²) in [5, 5.41) is 0. The van der Waals surface area contributed by atoms with E-state index in [9.17, 15) is 8.42 Å². The van der Waals surface area contributed by atoms with E-state index in [4.69, 9.17) is 0 Å². The van der Waals surface area contributed by atoms with Crippen molar-refractivity contribution in [3.8, 4) is 0 Å². The van der Waals surface area contributed by atoms with Crippen LogP contribution in [0.4, 0.5) is 0 Å². The molecule has 0 radical (unpaired) electrons. The SMILES string of the molecule is CN1C(C)(C)c2ccccc2S1(=O)=O. The van der Waals surface area contributed by atoms with Crippen molar-refractivity contribution >= 4 is 10.0 Å². The highest BCUT2D eigenvalue weighted by atomic mass is 32.2. The lowest BCUT2D eigenvalue weighted by atomic mass is 9.95. The quantitative estimate of drug-likeness (QED) is 0.653. The molecule has 14 heavy (non-hydrogen) atoms. The molecule has 0 aromatic heterocycles. The van der Waals surface area contributed by atoms with E-state index in [1.165, 1.54) is 4.31 Å². The van der Waals surface area contributed by atoms with Gasteiger partial charge < -0.3 is 0 Å². The average Bonchev–Trinajstić information content (AvgIpc) is 2.28. The fraction of sp³-hybridized carbons (Fsp3) is 0.400. The normalized spacial score (nSPS) is 23.4. The smallest absolute Gasteiger partial charge is 0.207 e. The van der Waals surface area contributed by atoms with Crippen LogP contribution < -0.4 is 0 Å². The van der Waals surface area contributed by atoms with Gasteiger partial charge in [0.25, 0.3) is 0 Å². The summed E-state index contributed by atoms with van der Waals surface area (Å²) in [4.78, 5) is 0.438. The lowest BCUT2D eigenvalue weighted by molar-refractivity contribution is 0.287. The molecule has 0 bridgehead atoms. The molecule has 0 aliphatic carbocycles. The van der Waals surface area contributed by atoms with E-state index in [1.807, 2.05) is 26.0 Å². The Kier molecular flexibility index (Phi) is 1.78. The van der Waals surface area contributed by atoms with Gasteiger partial charge >= 0.3 is 0 Å². The maximum Gasteiger partial charge on any atom is 0.243 e. The first-order valence-corrected chi connectivity index (χ1v) is 5.91. The molecule has 0 N–H and O–H groups in total. The van der Waals surface area contributed by atoms with E-state index in [0.717, 1.165) is 5.56 Å². The van der Waals surface area contributed by atoms with E-state index in [1.54, 1.807) is 19.2 Å². The summed E-state index contributed by atoms with van der Waals surface area (Å²) in [6.07, 6.45) is 0. The summed E-state index contributed by atoms with van der Waals surface area (Å²) in [6, 6.07) is 7.16. The zero-order valence-electron chi connectivity index (χ0n) is 8.48. The zero-order valence-corrected chi connectivity index (χ0v) is 9.30. The second-order valence-electron chi connectivity index (χ2n) is 4.03. The molecule has 0 spiro atoms. The molecule has 1 aliphatic heterocycles. The zero-order chi connectivity index (χ0) is 10.6. The van der Waals surface area contributed by atoms with Gasteiger partial charge in [-0.1, -0.05) is 18.2 Å². The molecule has 0 atom stereocenters. The van der Waals surface area contributed by atoms with Gasteiger partial charge in [-0.3, -0.25) is 0 Å². The maximum atomic E-state index is 11.9. The molecular weight excluding hydrogens is 198 g/mol. The fourth-order valence-electron chi connectivity index (χ4n) is 1.81. The van der Waals surface area contributed by atoms with Gasteiger partial charge in [0.1, 0.15) is 0 Å². The van der Waals surface area contributed by atoms with Crippen molar-refractivity contribution < 1.29 is 8.42 Å². The van der Waals surface area contributed by atoms with Crippen LogP contribution in [0.5, 0.6) is 0 Å². The number of sulfonamides is 1. The Bertz CT molecular complexity index is 477. The highest BCUT2D eigenvalue weighted by Crippen LogP contribution is 2.41. The highest BCUT2D eigenvalue weighted by molar-refractivity contribution is 7.89. The molecule has 3 nitrogen and oxygen atoms in total. The fourth-order valence-corrected chi connectivity index (χ4v) is 3.66. The topological polar surface area (TPSA) is 37.4 Å². The van der Waals surface area contributed by atoms with Crippen LogP contribution in [0.25, 0.3) is 0 Å². The van der Waals surface area contributed by atoms with Gasteiger partial charge in [0.05, 0.1) is 10.4 Å². The van der Waals surface area contributed by atoms with Crippen molar-refractivity contribution in [2.45, 2.75) is 24.3 Å². The summed E-state index contributed by atoms with van der Waals surface area (Å²) in [5.74, 6) is 0. The van der Waals surface area contributed by atoms with Crippen molar-refractivity contribution in [1.82, 2.24) is 4.31 Å². The average molecular weight is 211 g/mol. The van der Waals surface area contributed by atoms with Crippen LogP contribution >= 0.6 is 0 Å². The molecule has 0 saturated carbocycles. The van der Waals surface area contributed by atoms with Crippen LogP contribution in [-0.4, -0.2) is 19.8 Å². The molecular formula is C10H13NO2S. The standard InChI is InChI=1S/C10H13NO2S/c1-10(2)8-6-4-5-7-9(8)14(12,13)11(10)3/h4-7H,1-3H3. The summed E-state index contributed by atoms with van der Waals surface area (Å²) < 4.78 is 25.3. The van der Waals surface area contributed by atoms with Gasteiger partial charge in [0, 0.05) is 7.05 Å². The Morgan fingerprint density at radius 1 is 1.21 bits per heavy atom. The van der Waals surface area contributed by atoms with E-state index >= 15 is 0 Å². The first-order valence-electron chi connectivity index (χ1n) is 4.47. The molecule has 1 aromatic carbocycles. The van der Waals surface area contributed by atoms with E-state index in [-0.39, 0.29) is 0 Å². The van der Waals surface area contributed by atoms with Crippen LogP contribution in [0, 0.1) is 0 Å². The number of fused-ring (bicyclic) bond motifs is 1. The monoisotopic (exact) mass is 211 g/mol. The molecule has 76 valence electrons. The van der Waals surface area contributed by atoms with E-state index < -0.39 is 15.6 Å². The second kappa shape index (κ2) is 2.58. The lowest BCUT2D eigenvalue weighted by Crippen LogP contribution is -2.35. The van der Waals surface area contributed by atoms with Crippen LogP contribution in [0.3, 0.4) is 0 Å². The first-order chi connectivity index (χ1) is 6.38. The molecule has 0 fully saturated rings. The minimum Gasteiger partial charge on any atom is -0.207 e. The van der Waals surface area contributed by atoms with Crippen molar-refractivity contribution in [2.24, 2.45) is 0 Å². The molecule has 1 heterocycles. The van der Waals surface area contributed by atoms with Gasteiger partial charge in [0.2, 0.25) is 10.0 Å². The minimum absolute atomic E-state index is 0.435. The molecule has 0 unspecified atom stereocenters. The van der Waals surface area contributed by atoms with Gasteiger partial charge in [0.15, 0.2) is 0 Å². The van der Waals surface area contributed by atoms with Crippen LogP contribution in [0.15, 0.2) is 29.2 Å². The van der Waals surface area contributed by atoms with Crippen LogP contribution in [0.1, 0.15) is 19.4 Å². The minimum atomic E-state index is -3.26. The third-order valence-electron chi connectivity index (χ3n) is 2.97. The van der Waals surface area contributed by atoms with Gasteiger partial charge in [-0.2, -0.15) is 4.31 Å². The first kappa shape index (κ1) is 9.68. The molecule has 2 rings (SSSR count). The Balaban J connectivity index is 2.83. The predicted molar refractivity (Wildman–Crippen MR) is 54.4 cm³/mol. The second-order valence-corrected chi connectivity index (χ2v) is 5.97. The van der Waals surface area contributed by atoms with Gasteiger partial charge in [-0.25, -0.2) is 8.42 Å². The van der Waals surface area contributed by atoms with E-state index in [2.05, 4.69) is 0 Å². The summed E-state index contributed by atoms with van der Waals surface area (Å²) in [5.41, 5.74) is 0.442. The third kappa shape index (κ3) is 0.980. The molecule has 1 aliphatic rings. The van der Waals surface area contributed by atoms with Crippen LogP contribution in [0.2, 0.25) is 0 Å². The Hall–Kier alpha value is -0.870. The number of rotatable bonds is 0. The highest BCUT2D eigenvalue weighted by Gasteiger charge is 2.45. The number of nitrogens with zero attached hydrogens (tertiary/aromatic N) is 1. The number of benzene rings is 1. The summed E-state index contributed by atoms with van der Waals surface area (Å²) in [7, 11) is -1.64. The van der Waals surface area contributed by atoms with Crippen molar-refractivity contribution in [3.63, 3.8) is 0 Å². The van der Waals surface area contributed by atoms with Crippen molar-refractivity contribution in [2.75, 3.05) is 7.05 Å². The van der Waals surface area contributed by atoms with Crippen LogP contribution in [-0.2, 0) is 15.6 Å². The largest absolute Gasteiger partial charge is 0.243 e. The Morgan fingerprint density at radius 3 is 2.36 bits per heavy atom. The lowest BCUT2D eigenvalue weighted by Gasteiger charge is -2.26. The third-order valence-corrected chi connectivity index (χ3v) is 5.06. The molecule has 4 heteroatoms. The summed E-state index contributed by atoms with van der Waals surface area (Å²) >= 11 is 0. The number of hydrogen-bond donors (Lipinski definition) is 0. The van der Waals surface area contributed by atoms with Gasteiger partial charge in [-0.05, 0) is 25.5 Å². The van der Waals surface area contributed by atoms with Gasteiger partial charge in [-0.15, -0.1) is 0 Å². The Labute approximate surface area is 84.4 Å². The van der Waals surface area contributed by atoms with E-state index in [0.29, 0.717) is 4.90 Å². The predicted octanol–water partition coefficient (Wildman–Crippen LogP) is 1.56. The number of hydrogen-bond acceptors (Lipinski definition) is 2. The summed E-state index contributed by atoms with van der Waals surface area (Å²) in [6.45, 7) is 3.83. The van der Waals surface area contributed by atoms with Crippen molar-refractivity contribution in [1.29, 1.82) is 0 Å². The van der Waals surface area contributed by atoms with Crippen molar-refractivity contribution in [3.05, 3.63) is 29.8 Å². The Morgan fingerprint density at radius 2 is 1.79 bits per heavy atom.